The van der Waals surface area contributed by atoms with Gasteiger partial charge in [0.05, 0.1) is 24.5 Å². The van der Waals surface area contributed by atoms with Crippen LogP contribution in [0, 0.1) is 5.82 Å². The van der Waals surface area contributed by atoms with Crippen LogP contribution in [-0.4, -0.2) is 49.8 Å². The minimum atomic E-state index is -0.289. The summed E-state index contributed by atoms with van der Waals surface area (Å²) in [4.78, 5) is 6.65. The fourth-order valence-electron chi connectivity index (χ4n) is 2.45. The molecule has 112 valence electrons. The highest BCUT2D eigenvalue weighted by Crippen LogP contribution is 2.27. The van der Waals surface area contributed by atoms with Crippen LogP contribution in [0.2, 0.25) is 0 Å². The van der Waals surface area contributed by atoms with Crippen LogP contribution in [-0.2, 0) is 4.74 Å². The number of rotatable bonds is 9. The zero-order valence-corrected chi connectivity index (χ0v) is 12.3. The van der Waals surface area contributed by atoms with E-state index in [0.717, 1.165) is 37.9 Å². The minimum Gasteiger partial charge on any atom is -0.383 e. The molecular formula is C15H24FN3O. The number of hydrogen-bond donors (Lipinski definition) is 1. The standard InChI is InChI=1S/C15H24FN3O/c1-17-14(15-6-3-12(16)11-18-15)7-8-19(9-10-20-2)13-4-5-13/h3,6,11,13-14,17H,4-5,7-10H2,1-2H3. The first-order valence-corrected chi connectivity index (χ1v) is 7.26. The molecule has 1 unspecified atom stereocenters. The maximum atomic E-state index is 12.9. The Morgan fingerprint density at radius 1 is 1.45 bits per heavy atom. The molecule has 0 aliphatic heterocycles. The molecule has 0 bridgehead atoms. The van der Waals surface area contributed by atoms with E-state index in [2.05, 4.69) is 15.2 Å². The Kier molecular flexibility index (Phi) is 5.88. The lowest BCUT2D eigenvalue weighted by Gasteiger charge is -2.24. The first kappa shape index (κ1) is 15.4. The van der Waals surface area contributed by atoms with Gasteiger partial charge in [-0.1, -0.05) is 0 Å². The van der Waals surface area contributed by atoms with E-state index in [1.165, 1.54) is 25.1 Å². The van der Waals surface area contributed by atoms with Crippen LogP contribution in [0.25, 0.3) is 0 Å². The second-order valence-electron chi connectivity index (χ2n) is 5.29. The molecule has 0 aromatic carbocycles. The van der Waals surface area contributed by atoms with Crippen LogP contribution >= 0.6 is 0 Å². The maximum absolute atomic E-state index is 12.9. The molecule has 1 aliphatic rings. The van der Waals surface area contributed by atoms with Crippen molar-refractivity contribution in [2.45, 2.75) is 31.3 Å². The van der Waals surface area contributed by atoms with Crippen molar-refractivity contribution in [2.75, 3.05) is 33.9 Å². The van der Waals surface area contributed by atoms with E-state index in [4.69, 9.17) is 4.74 Å². The number of pyridine rings is 1. The average Bonchev–Trinajstić information content (AvgIpc) is 3.29. The smallest absolute Gasteiger partial charge is 0.141 e. The zero-order valence-electron chi connectivity index (χ0n) is 12.3. The summed E-state index contributed by atoms with van der Waals surface area (Å²) in [7, 11) is 3.66. The number of nitrogens with one attached hydrogen (secondary N) is 1. The van der Waals surface area contributed by atoms with E-state index < -0.39 is 0 Å². The van der Waals surface area contributed by atoms with Crippen molar-refractivity contribution in [1.82, 2.24) is 15.2 Å². The molecule has 0 spiro atoms. The molecule has 0 saturated heterocycles. The number of methoxy groups -OCH3 is 1. The molecule has 2 rings (SSSR count). The van der Waals surface area contributed by atoms with Gasteiger partial charge in [-0.2, -0.15) is 0 Å². The van der Waals surface area contributed by atoms with Crippen molar-refractivity contribution in [1.29, 1.82) is 0 Å². The van der Waals surface area contributed by atoms with Gasteiger partial charge in [0, 0.05) is 26.2 Å². The summed E-state index contributed by atoms with van der Waals surface area (Å²) >= 11 is 0. The van der Waals surface area contributed by atoms with Crippen molar-refractivity contribution in [3.8, 4) is 0 Å². The summed E-state index contributed by atoms with van der Waals surface area (Å²) in [6.45, 7) is 2.77. The Bertz CT molecular complexity index is 395. The van der Waals surface area contributed by atoms with Gasteiger partial charge in [0.15, 0.2) is 0 Å². The molecule has 1 saturated carbocycles. The molecule has 1 aliphatic carbocycles. The molecule has 1 fully saturated rings. The van der Waals surface area contributed by atoms with Crippen LogP contribution in [0.15, 0.2) is 18.3 Å². The van der Waals surface area contributed by atoms with Gasteiger partial charge in [-0.3, -0.25) is 9.88 Å². The van der Waals surface area contributed by atoms with Crippen LogP contribution in [0.4, 0.5) is 4.39 Å². The highest BCUT2D eigenvalue weighted by molar-refractivity contribution is 5.09. The molecule has 0 amide bonds. The largest absolute Gasteiger partial charge is 0.383 e. The first-order valence-electron chi connectivity index (χ1n) is 7.26. The number of ether oxygens (including phenoxy) is 1. The third-order valence-corrected chi connectivity index (χ3v) is 3.81. The van der Waals surface area contributed by atoms with Crippen molar-refractivity contribution < 1.29 is 9.13 Å². The molecule has 1 aromatic heterocycles. The molecule has 20 heavy (non-hydrogen) atoms. The molecule has 1 atom stereocenters. The van der Waals surface area contributed by atoms with Gasteiger partial charge < -0.3 is 10.1 Å². The maximum Gasteiger partial charge on any atom is 0.141 e. The highest BCUT2D eigenvalue weighted by atomic mass is 19.1. The molecule has 1 aromatic rings. The van der Waals surface area contributed by atoms with Gasteiger partial charge >= 0.3 is 0 Å². The Morgan fingerprint density at radius 3 is 2.80 bits per heavy atom. The van der Waals surface area contributed by atoms with Crippen LogP contribution < -0.4 is 5.32 Å². The fraction of sp³-hybridized carbons (Fsp3) is 0.667. The zero-order chi connectivity index (χ0) is 14.4. The Labute approximate surface area is 120 Å². The molecular weight excluding hydrogens is 257 g/mol. The van der Waals surface area contributed by atoms with Crippen molar-refractivity contribution in [2.24, 2.45) is 0 Å². The number of nitrogens with zero attached hydrogens (tertiary/aromatic N) is 2. The van der Waals surface area contributed by atoms with E-state index >= 15 is 0 Å². The summed E-state index contributed by atoms with van der Waals surface area (Å²) in [5.74, 6) is -0.289. The third-order valence-electron chi connectivity index (χ3n) is 3.81. The van der Waals surface area contributed by atoms with Gasteiger partial charge in [0.1, 0.15) is 5.82 Å². The monoisotopic (exact) mass is 281 g/mol. The minimum absolute atomic E-state index is 0.166. The van der Waals surface area contributed by atoms with Gasteiger partial charge in [0.2, 0.25) is 0 Å². The topological polar surface area (TPSA) is 37.4 Å². The number of halogens is 1. The van der Waals surface area contributed by atoms with Crippen LogP contribution in [0.3, 0.4) is 0 Å². The predicted octanol–water partition coefficient (Wildman–Crippen LogP) is 1.98. The van der Waals surface area contributed by atoms with Crippen molar-refractivity contribution in [3.05, 3.63) is 29.8 Å². The average molecular weight is 281 g/mol. The SMILES string of the molecule is CNC(CCN(CCOC)C1CC1)c1ccc(F)cn1. The van der Waals surface area contributed by atoms with Crippen molar-refractivity contribution >= 4 is 0 Å². The van der Waals surface area contributed by atoms with Crippen LogP contribution in [0.5, 0.6) is 0 Å². The Balaban J connectivity index is 1.87. The lowest BCUT2D eigenvalue weighted by atomic mass is 10.1. The lowest BCUT2D eigenvalue weighted by Crippen LogP contribution is -2.33. The normalized spacial score (nSPS) is 16.6. The fourth-order valence-corrected chi connectivity index (χ4v) is 2.45. The second-order valence-corrected chi connectivity index (χ2v) is 5.29. The van der Waals surface area contributed by atoms with E-state index in [1.54, 1.807) is 13.2 Å². The third kappa shape index (κ3) is 4.51. The summed E-state index contributed by atoms with van der Waals surface area (Å²) < 4.78 is 18.1. The lowest BCUT2D eigenvalue weighted by molar-refractivity contribution is 0.140. The summed E-state index contributed by atoms with van der Waals surface area (Å²) in [6.07, 6.45) is 4.84. The molecule has 0 radical (unpaired) electrons. The predicted molar refractivity (Wildman–Crippen MR) is 77.1 cm³/mol. The first-order chi connectivity index (χ1) is 9.74. The van der Waals surface area contributed by atoms with E-state index in [1.807, 2.05) is 7.05 Å². The molecule has 1 N–H and O–H groups in total. The quantitative estimate of drug-likeness (QED) is 0.751. The highest BCUT2D eigenvalue weighted by Gasteiger charge is 2.28. The van der Waals surface area contributed by atoms with E-state index in [9.17, 15) is 4.39 Å². The van der Waals surface area contributed by atoms with E-state index in [0.29, 0.717) is 0 Å². The van der Waals surface area contributed by atoms with Crippen molar-refractivity contribution in [3.63, 3.8) is 0 Å². The number of hydrogen-bond acceptors (Lipinski definition) is 4. The summed E-state index contributed by atoms with van der Waals surface area (Å²) in [5.41, 5.74) is 0.899. The van der Waals surface area contributed by atoms with Gasteiger partial charge in [-0.15, -0.1) is 0 Å². The Morgan fingerprint density at radius 2 is 2.25 bits per heavy atom. The number of aromatic nitrogens is 1. The Hall–Kier alpha value is -1.04. The van der Waals surface area contributed by atoms with Crippen LogP contribution in [0.1, 0.15) is 31.0 Å². The van der Waals surface area contributed by atoms with Gasteiger partial charge in [-0.25, -0.2) is 4.39 Å². The second kappa shape index (κ2) is 7.67. The van der Waals surface area contributed by atoms with Gasteiger partial charge in [-0.05, 0) is 38.4 Å². The van der Waals surface area contributed by atoms with E-state index in [-0.39, 0.29) is 11.9 Å². The van der Waals surface area contributed by atoms with Gasteiger partial charge in [0.25, 0.3) is 0 Å². The summed E-state index contributed by atoms with van der Waals surface area (Å²) in [6, 6.07) is 4.12. The molecule has 4 nitrogen and oxygen atoms in total. The summed E-state index contributed by atoms with van der Waals surface area (Å²) in [5, 5.41) is 3.27. The molecule has 1 heterocycles. The molecule has 5 heteroatoms.